The monoisotopic (exact) mass is 253 g/mol. The highest BCUT2D eigenvalue weighted by Gasteiger charge is 2.45. The molecule has 2 aliphatic heterocycles. The summed E-state index contributed by atoms with van der Waals surface area (Å²) in [5, 5.41) is 0. The number of rotatable bonds is 3. The van der Waals surface area contributed by atoms with E-state index in [4.69, 9.17) is 5.73 Å². The second kappa shape index (κ2) is 5.48. The van der Waals surface area contributed by atoms with Crippen molar-refractivity contribution in [2.24, 2.45) is 11.7 Å². The Labute approximate surface area is 113 Å². The summed E-state index contributed by atoms with van der Waals surface area (Å²) >= 11 is 0. The minimum absolute atomic E-state index is 0.275. The van der Waals surface area contributed by atoms with E-state index in [0.717, 1.165) is 18.5 Å². The number of nitrogens with zero attached hydrogens (tertiary/aromatic N) is 2. The van der Waals surface area contributed by atoms with Crippen molar-refractivity contribution in [3.63, 3.8) is 0 Å². The molecule has 106 valence electrons. The molecule has 0 bridgehead atoms. The van der Waals surface area contributed by atoms with E-state index in [0.29, 0.717) is 6.04 Å². The highest BCUT2D eigenvalue weighted by molar-refractivity contribution is 5.02. The van der Waals surface area contributed by atoms with E-state index < -0.39 is 0 Å². The van der Waals surface area contributed by atoms with Crippen LogP contribution in [0.5, 0.6) is 0 Å². The molecule has 2 N–H and O–H groups in total. The van der Waals surface area contributed by atoms with Crippen LogP contribution in [0.4, 0.5) is 0 Å². The predicted octanol–water partition coefficient (Wildman–Crippen LogP) is 1.92. The van der Waals surface area contributed by atoms with Crippen molar-refractivity contribution in [3.8, 4) is 0 Å². The summed E-state index contributed by atoms with van der Waals surface area (Å²) in [4.78, 5) is 5.26. The molecule has 2 fully saturated rings. The molecule has 3 unspecified atom stereocenters. The van der Waals surface area contributed by atoms with Crippen molar-refractivity contribution >= 4 is 0 Å². The van der Waals surface area contributed by atoms with Crippen molar-refractivity contribution in [2.75, 3.05) is 26.7 Å². The van der Waals surface area contributed by atoms with Crippen LogP contribution in [0.2, 0.25) is 0 Å². The first kappa shape index (κ1) is 14.3. The summed E-state index contributed by atoms with van der Waals surface area (Å²) in [6.45, 7) is 10.4. The Morgan fingerprint density at radius 2 is 2.06 bits per heavy atom. The molecule has 0 aromatic carbocycles. The highest BCUT2D eigenvalue weighted by atomic mass is 15.3. The minimum Gasteiger partial charge on any atom is -0.329 e. The second-order valence-corrected chi connectivity index (χ2v) is 6.86. The van der Waals surface area contributed by atoms with Crippen LogP contribution in [-0.2, 0) is 0 Å². The molecule has 0 radical (unpaired) electrons. The lowest BCUT2D eigenvalue weighted by Crippen LogP contribution is -2.62. The molecule has 2 rings (SSSR count). The SMILES string of the molecule is CC(C)C1CCCN1C1(CN)CCN(C)C(C)C1. The fraction of sp³-hybridized carbons (Fsp3) is 1.00. The van der Waals surface area contributed by atoms with Gasteiger partial charge in [0.2, 0.25) is 0 Å². The summed E-state index contributed by atoms with van der Waals surface area (Å²) in [5.74, 6) is 0.755. The Hall–Kier alpha value is -0.120. The zero-order chi connectivity index (χ0) is 13.3. The maximum absolute atomic E-state index is 6.23. The van der Waals surface area contributed by atoms with Gasteiger partial charge in [-0.3, -0.25) is 4.90 Å². The third-order valence-electron chi connectivity index (χ3n) is 5.42. The van der Waals surface area contributed by atoms with E-state index in [2.05, 4.69) is 37.6 Å². The average molecular weight is 253 g/mol. The van der Waals surface area contributed by atoms with E-state index in [1.807, 2.05) is 0 Å². The van der Waals surface area contributed by atoms with Crippen LogP contribution < -0.4 is 5.73 Å². The normalized spacial score (nSPS) is 39.7. The van der Waals surface area contributed by atoms with Gasteiger partial charge in [-0.25, -0.2) is 0 Å². The van der Waals surface area contributed by atoms with E-state index in [1.165, 1.54) is 38.8 Å². The van der Waals surface area contributed by atoms with Gasteiger partial charge < -0.3 is 10.6 Å². The first-order chi connectivity index (χ1) is 8.50. The van der Waals surface area contributed by atoms with Crippen LogP contribution in [0.15, 0.2) is 0 Å². The highest BCUT2D eigenvalue weighted by Crippen LogP contribution is 2.38. The summed E-state index contributed by atoms with van der Waals surface area (Å²) in [6, 6.07) is 1.42. The van der Waals surface area contributed by atoms with Gasteiger partial charge in [0.05, 0.1) is 0 Å². The third kappa shape index (κ3) is 2.45. The molecule has 18 heavy (non-hydrogen) atoms. The van der Waals surface area contributed by atoms with Gasteiger partial charge in [0.15, 0.2) is 0 Å². The lowest BCUT2D eigenvalue weighted by atomic mass is 9.81. The Morgan fingerprint density at radius 1 is 1.33 bits per heavy atom. The molecule has 0 aromatic rings. The molecular weight excluding hydrogens is 222 g/mol. The number of nitrogens with two attached hydrogens (primary N) is 1. The van der Waals surface area contributed by atoms with Crippen molar-refractivity contribution in [2.45, 2.75) is 64.1 Å². The van der Waals surface area contributed by atoms with Gasteiger partial charge in [-0.1, -0.05) is 13.8 Å². The maximum Gasteiger partial charge on any atom is 0.0361 e. The van der Waals surface area contributed by atoms with Crippen LogP contribution in [0, 0.1) is 5.92 Å². The number of piperidine rings is 1. The summed E-state index contributed by atoms with van der Waals surface area (Å²) in [6.07, 6.45) is 5.20. The topological polar surface area (TPSA) is 32.5 Å². The minimum atomic E-state index is 0.275. The first-order valence-corrected chi connectivity index (χ1v) is 7.67. The zero-order valence-electron chi connectivity index (χ0n) is 12.7. The van der Waals surface area contributed by atoms with Crippen LogP contribution in [0.25, 0.3) is 0 Å². The van der Waals surface area contributed by atoms with Gasteiger partial charge in [-0.05, 0) is 58.7 Å². The van der Waals surface area contributed by atoms with Crippen molar-refractivity contribution in [3.05, 3.63) is 0 Å². The average Bonchev–Trinajstić information content (AvgIpc) is 2.83. The lowest BCUT2D eigenvalue weighted by molar-refractivity contribution is -0.00796. The van der Waals surface area contributed by atoms with Crippen molar-refractivity contribution in [1.82, 2.24) is 9.80 Å². The number of hydrogen-bond donors (Lipinski definition) is 1. The molecule has 2 aliphatic rings. The van der Waals surface area contributed by atoms with Crippen LogP contribution in [0.3, 0.4) is 0 Å². The van der Waals surface area contributed by atoms with Gasteiger partial charge in [0, 0.05) is 24.2 Å². The van der Waals surface area contributed by atoms with Crippen LogP contribution in [0.1, 0.15) is 46.5 Å². The van der Waals surface area contributed by atoms with Gasteiger partial charge >= 0.3 is 0 Å². The molecule has 0 aliphatic carbocycles. The quantitative estimate of drug-likeness (QED) is 0.834. The second-order valence-electron chi connectivity index (χ2n) is 6.86. The molecule has 2 saturated heterocycles. The van der Waals surface area contributed by atoms with Crippen LogP contribution in [-0.4, -0.2) is 54.1 Å². The lowest BCUT2D eigenvalue weighted by Gasteiger charge is -2.51. The van der Waals surface area contributed by atoms with E-state index in [9.17, 15) is 0 Å². The fourth-order valence-electron chi connectivity index (χ4n) is 4.05. The standard InChI is InChI=1S/C15H31N3/c1-12(2)14-6-5-8-18(14)15(11-16)7-9-17(4)13(3)10-15/h12-14H,5-11,16H2,1-4H3. The Bertz CT molecular complexity index is 279. The summed E-state index contributed by atoms with van der Waals surface area (Å²) in [5.41, 5.74) is 6.50. The van der Waals surface area contributed by atoms with E-state index in [1.54, 1.807) is 0 Å². The van der Waals surface area contributed by atoms with Gasteiger partial charge in [-0.2, -0.15) is 0 Å². The molecular formula is C15H31N3. The van der Waals surface area contributed by atoms with E-state index >= 15 is 0 Å². The predicted molar refractivity (Wildman–Crippen MR) is 77.7 cm³/mol. The van der Waals surface area contributed by atoms with Crippen LogP contribution >= 0.6 is 0 Å². The summed E-state index contributed by atoms with van der Waals surface area (Å²) < 4.78 is 0. The van der Waals surface area contributed by atoms with Crippen molar-refractivity contribution < 1.29 is 0 Å². The number of hydrogen-bond acceptors (Lipinski definition) is 3. The molecule has 3 heteroatoms. The largest absolute Gasteiger partial charge is 0.329 e. The number of likely N-dealkylation sites (tertiary alicyclic amines) is 2. The van der Waals surface area contributed by atoms with E-state index in [-0.39, 0.29) is 5.54 Å². The Morgan fingerprint density at radius 3 is 2.61 bits per heavy atom. The molecule has 2 heterocycles. The molecule has 0 amide bonds. The molecule has 0 spiro atoms. The molecule has 3 nitrogen and oxygen atoms in total. The Balaban J connectivity index is 2.16. The van der Waals surface area contributed by atoms with Gasteiger partial charge in [0.25, 0.3) is 0 Å². The van der Waals surface area contributed by atoms with Crippen molar-refractivity contribution in [1.29, 1.82) is 0 Å². The fourth-order valence-corrected chi connectivity index (χ4v) is 4.05. The first-order valence-electron chi connectivity index (χ1n) is 7.67. The zero-order valence-corrected chi connectivity index (χ0v) is 12.7. The Kier molecular flexibility index (Phi) is 4.35. The van der Waals surface area contributed by atoms with Gasteiger partial charge in [0.1, 0.15) is 0 Å². The third-order valence-corrected chi connectivity index (χ3v) is 5.42. The molecule has 0 saturated carbocycles. The smallest absolute Gasteiger partial charge is 0.0361 e. The maximum atomic E-state index is 6.23. The molecule has 3 atom stereocenters. The molecule has 0 aromatic heterocycles. The van der Waals surface area contributed by atoms with Gasteiger partial charge in [-0.15, -0.1) is 0 Å². The summed E-state index contributed by atoms with van der Waals surface area (Å²) in [7, 11) is 2.25.